The molecule has 1 aliphatic carbocycles. The van der Waals surface area contributed by atoms with E-state index in [1.54, 1.807) is 12.1 Å². The van der Waals surface area contributed by atoms with Crippen LogP contribution in [-0.4, -0.2) is 4.83 Å². The van der Waals surface area contributed by atoms with Crippen LogP contribution in [0, 0.1) is 11.7 Å². The highest BCUT2D eigenvalue weighted by Crippen LogP contribution is 2.33. The minimum atomic E-state index is -0.144. The van der Waals surface area contributed by atoms with Crippen molar-refractivity contribution >= 4 is 15.9 Å². The van der Waals surface area contributed by atoms with E-state index >= 15 is 0 Å². The zero-order chi connectivity index (χ0) is 11.4. The lowest BCUT2D eigenvalue weighted by Crippen LogP contribution is -2.11. The third kappa shape index (κ3) is 3.31. The molecule has 16 heavy (non-hydrogen) atoms. The first-order valence-corrected chi connectivity index (χ1v) is 7.06. The Labute approximate surface area is 105 Å². The average Bonchev–Trinajstić information content (AvgIpc) is 2.81. The summed E-state index contributed by atoms with van der Waals surface area (Å²) in [5, 5.41) is 0. The molecule has 1 saturated carbocycles. The molecule has 0 saturated heterocycles. The van der Waals surface area contributed by atoms with Crippen molar-refractivity contribution in [3.05, 3.63) is 35.6 Å². The Balaban J connectivity index is 1.80. The predicted molar refractivity (Wildman–Crippen MR) is 69.4 cm³/mol. The largest absolute Gasteiger partial charge is 0.207 e. The van der Waals surface area contributed by atoms with E-state index in [4.69, 9.17) is 0 Å². The van der Waals surface area contributed by atoms with Gasteiger partial charge in [-0.1, -0.05) is 40.9 Å². The van der Waals surface area contributed by atoms with Gasteiger partial charge in [0.15, 0.2) is 0 Å². The maximum absolute atomic E-state index is 12.7. The van der Waals surface area contributed by atoms with E-state index in [0.29, 0.717) is 4.83 Å². The molecule has 88 valence electrons. The van der Waals surface area contributed by atoms with Crippen LogP contribution in [0.15, 0.2) is 24.3 Å². The van der Waals surface area contributed by atoms with E-state index < -0.39 is 0 Å². The van der Waals surface area contributed by atoms with E-state index in [1.807, 2.05) is 12.1 Å². The van der Waals surface area contributed by atoms with Gasteiger partial charge in [-0.15, -0.1) is 0 Å². The zero-order valence-corrected chi connectivity index (χ0v) is 11.0. The SMILES string of the molecule is Fc1ccc(CCC(Br)C2CCCC2)cc1. The molecule has 1 unspecified atom stereocenters. The standard InChI is InChI=1S/C14H18BrF/c15-14(12-3-1-2-4-12)10-7-11-5-8-13(16)9-6-11/h5-6,8-9,12,14H,1-4,7,10H2. The van der Waals surface area contributed by atoms with Gasteiger partial charge in [-0.2, -0.15) is 0 Å². The van der Waals surface area contributed by atoms with E-state index in [2.05, 4.69) is 15.9 Å². The Hall–Kier alpha value is -0.370. The summed E-state index contributed by atoms with van der Waals surface area (Å²) in [6, 6.07) is 6.88. The molecule has 1 aromatic rings. The lowest BCUT2D eigenvalue weighted by atomic mass is 9.98. The van der Waals surface area contributed by atoms with E-state index in [-0.39, 0.29) is 5.82 Å². The number of rotatable bonds is 4. The van der Waals surface area contributed by atoms with Gasteiger partial charge in [-0.05, 0) is 49.3 Å². The first kappa shape index (κ1) is 12.1. The summed E-state index contributed by atoms with van der Waals surface area (Å²) >= 11 is 3.80. The summed E-state index contributed by atoms with van der Waals surface area (Å²) in [6.45, 7) is 0. The fourth-order valence-corrected chi connectivity index (χ4v) is 3.27. The van der Waals surface area contributed by atoms with Crippen LogP contribution in [0.2, 0.25) is 0 Å². The monoisotopic (exact) mass is 284 g/mol. The van der Waals surface area contributed by atoms with Crippen molar-refractivity contribution in [2.24, 2.45) is 5.92 Å². The molecule has 1 aliphatic rings. The molecule has 2 rings (SSSR count). The Morgan fingerprint density at radius 1 is 1.19 bits per heavy atom. The van der Waals surface area contributed by atoms with Crippen LogP contribution < -0.4 is 0 Å². The van der Waals surface area contributed by atoms with Crippen molar-refractivity contribution < 1.29 is 4.39 Å². The molecule has 0 bridgehead atoms. The molecule has 0 radical (unpaired) electrons. The smallest absolute Gasteiger partial charge is 0.123 e. The van der Waals surface area contributed by atoms with Crippen LogP contribution in [0.25, 0.3) is 0 Å². The Bertz CT molecular complexity index is 314. The average molecular weight is 285 g/mol. The summed E-state index contributed by atoms with van der Waals surface area (Å²) in [7, 11) is 0. The van der Waals surface area contributed by atoms with Crippen LogP contribution in [0.1, 0.15) is 37.7 Å². The topological polar surface area (TPSA) is 0 Å². The molecule has 0 nitrogen and oxygen atoms in total. The van der Waals surface area contributed by atoms with Gasteiger partial charge in [0.2, 0.25) is 0 Å². The third-order valence-electron chi connectivity index (χ3n) is 3.53. The zero-order valence-electron chi connectivity index (χ0n) is 9.46. The minimum absolute atomic E-state index is 0.144. The molecule has 0 amide bonds. The molecule has 2 heteroatoms. The summed E-state index contributed by atoms with van der Waals surface area (Å²) in [5.74, 6) is 0.718. The van der Waals surface area contributed by atoms with E-state index in [1.165, 1.54) is 31.2 Å². The number of hydrogen-bond donors (Lipinski definition) is 0. The normalized spacial score (nSPS) is 18.9. The van der Waals surface area contributed by atoms with E-state index in [9.17, 15) is 4.39 Å². The number of alkyl halides is 1. The van der Waals surface area contributed by atoms with Gasteiger partial charge < -0.3 is 0 Å². The van der Waals surface area contributed by atoms with Gasteiger partial charge >= 0.3 is 0 Å². The summed E-state index contributed by atoms with van der Waals surface area (Å²) in [6.07, 6.45) is 7.74. The fraction of sp³-hybridized carbons (Fsp3) is 0.571. The molecular formula is C14H18BrF. The van der Waals surface area contributed by atoms with E-state index in [0.717, 1.165) is 18.8 Å². The Morgan fingerprint density at radius 3 is 2.44 bits per heavy atom. The van der Waals surface area contributed by atoms with Crippen molar-refractivity contribution in [3.8, 4) is 0 Å². The van der Waals surface area contributed by atoms with Crippen molar-refractivity contribution in [1.82, 2.24) is 0 Å². The molecule has 0 heterocycles. The number of hydrogen-bond acceptors (Lipinski definition) is 0. The van der Waals surface area contributed by atoms with Crippen LogP contribution >= 0.6 is 15.9 Å². The lowest BCUT2D eigenvalue weighted by Gasteiger charge is -2.16. The maximum Gasteiger partial charge on any atom is 0.123 e. The summed E-state index contributed by atoms with van der Waals surface area (Å²) in [4.78, 5) is 0.639. The Morgan fingerprint density at radius 2 is 1.81 bits per heavy atom. The van der Waals surface area contributed by atoms with Crippen molar-refractivity contribution in [2.75, 3.05) is 0 Å². The highest BCUT2D eigenvalue weighted by Gasteiger charge is 2.22. The third-order valence-corrected chi connectivity index (χ3v) is 4.74. The van der Waals surface area contributed by atoms with Crippen molar-refractivity contribution in [1.29, 1.82) is 0 Å². The van der Waals surface area contributed by atoms with Crippen LogP contribution in [0.4, 0.5) is 4.39 Å². The van der Waals surface area contributed by atoms with Gasteiger partial charge in [-0.3, -0.25) is 0 Å². The first-order valence-electron chi connectivity index (χ1n) is 6.14. The van der Waals surface area contributed by atoms with Gasteiger partial charge in [0.25, 0.3) is 0 Å². The van der Waals surface area contributed by atoms with Gasteiger partial charge in [0.05, 0.1) is 0 Å². The van der Waals surface area contributed by atoms with Gasteiger partial charge in [-0.25, -0.2) is 4.39 Å². The molecule has 1 fully saturated rings. The minimum Gasteiger partial charge on any atom is -0.207 e. The molecule has 0 N–H and O–H groups in total. The van der Waals surface area contributed by atoms with Gasteiger partial charge in [0, 0.05) is 4.83 Å². The van der Waals surface area contributed by atoms with Crippen molar-refractivity contribution in [2.45, 2.75) is 43.4 Å². The first-order chi connectivity index (χ1) is 7.75. The van der Waals surface area contributed by atoms with Crippen LogP contribution in [0.3, 0.4) is 0 Å². The fourth-order valence-electron chi connectivity index (χ4n) is 2.51. The number of aryl methyl sites for hydroxylation is 1. The quantitative estimate of drug-likeness (QED) is 0.703. The molecule has 1 aromatic carbocycles. The maximum atomic E-state index is 12.7. The molecular weight excluding hydrogens is 267 g/mol. The van der Waals surface area contributed by atoms with Gasteiger partial charge in [0.1, 0.15) is 5.82 Å². The van der Waals surface area contributed by atoms with Crippen molar-refractivity contribution in [3.63, 3.8) is 0 Å². The highest BCUT2D eigenvalue weighted by molar-refractivity contribution is 9.09. The number of halogens is 2. The van der Waals surface area contributed by atoms with Crippen LogP contribution in [-0.2, 0) is 6.42 Å². The second-order valence-corrected chi connectivity index (χ2v) is 5.90. The lowest BCUT2D eigenvalue weighted by molar-refractivity contribution is 0.506. The molecule has 0 aliphatic heterocycles. The second kappa shape index (κ2) is 5.81. The molecule has 1 atom stereocenters. The second-order valence-electron chi connectivity index (χ2n) is 4.73. The number of benzene rings is 1. The molecule has 0 aromatic heterocycles. The summed E-state index contributed by atoms with van der Waals surface area (Å²) in [5.41, 5.74) is 1.24. The predicted octanol–water partition coefficient (Wildman–Crippen LogP) is 4.71. The highest BCUT2D eigenvalue weighted by atomic mass is 79.9. The molecule has 0 spiro atoms. The van der Waals surface area contributed by atoms with Crippen LogP contribution in [0.5, 0.6) is 0 Å². The summed E-state index contributed by atoms with van der Waals surface area (Å²) < 4.78 is 12.7. The Kier molecular flexibility index (Phi) is 4.39.